The predicted octanol–water partition coefficient (Wildman–Crippen LogP) is 5.91. The first-order valence-corrected chi connectivity index (χ1v) is 9.66. The standard InChI is InChI=1S/C21H16ClNO2S/c22-16-12-10-15(11-13-16)21-23(20(24)14-26-21)18-8-4-5-9-19(18)25-17-6-2-1-3-7-17/h1-13,21H,14H2/t21-/m0/s1. The van der Waals surface area contributed by atoms with Crippen LogP contribution < -0.4 is 9.64 Å². The maximum absolute atomic E-state index is 12.7. The zero-order chi connectivity index (χ0) is 17.9. The van der Waals surface area contributed by atoms with E-state index in [0.717, 1.165) is 17.0 Å². The topological polar surface area (TPSA) is 29.5 Å². The normalized spacial score (nSPS) is 16.7. The summed E-state index contributed by atoms with van der Waals surface area (Å²) in [5.74, 6) is 1.90. The molecule has 3 aromatic carbocycles. The Morgan fingerprint density at radius 3 is 2.38 bits per heavy atom. The van der Waals surface area contributed by atoms with Crippen molar-refractivity contribution in [3.8, 4) is 11.5 Å². The molecule has 3 aromatic rings. The quantitative estimate of drug-likeness (QED) is 0.562. The number of benzene rings is 3. The molecule has 0 spiro atoms. The zero-order valence-corrected chi connectivity index (χ0v) is 15.4. The molecular formula is C21H16ClNO2S. The summed E-state index contributed by atoms with van der Waals surface area (Å²) in [5, 5.41) is 0.586. The van der Waals surface area contributed by atoms with Gasteiger partial charge in [-0.2, -0.15) is 0 Å². The molecule has 26 heavy (non-hydrogen) atoms. The van der Waals surface area contributed by atoms with Gasteiger partial charge in [-0.25, -0.2) is 0 Å². The van der Waals surface area contributed by atoms with Gasteiger partial charge in [-0.1, -0.05) is 54.1 Å². The van der Waals surface area contributed by atoms with Crippen molar-refractivity contribution in [2.45, 2.75) is 5.37 Å². The van der Waals surface area contributed by atoms with Crippen molar-refractivity contribution in [3.05, 3.63) is 89.4 Å². The Hall–Kier alpha value is -2.43. The van der Waals surface area contributed by atoms with E-state index in [1.807, 2.05) is 83.8 Å². The number of nitrogens with zero attached hydrogens (tertiary/aromatic N) is 1. The van der Waals surface area contributed by atoms with E-state index >= 15 is 0 Å². The molecule has 1 amide bonds. The van der Waals surface area contributed by atoms with Gasteiger partial charge in [-0.15, -0.1) is 11.8 Å². The number of thioether (sulfide) groups is 1. The first kappa shape index (κ1) is 17.0. The summed E-state index contributed by atoms with van der Waals surface area (Å²) in [6, 6.07) is 24.8. The number of hydrogen-bond donors (Lipinski definition) is 0. The molecule has 1 aliphatic rings. The fourth-order valence-electron chi connectivity index (χ4n) is 2.92. The molecule has 1 atom stereocenters. The summed E-state index contributed by atoms with van der Waals surface area (Å²) < 4.78 is 6.05. The number of carbonyl (C=O) groups is 1. The zero-order valence-electron chi connectivity index (χ0n) is 13.8. The lowest BCUT2D eigenvalue weighted by molar-refractivity contribution is -0.115. The molecule has 0 aliphatic carbocycles. The third kappa shape index (κ3) is 3.43. The van der Waals surface area contributed by atoms with Crippen molar-refractivity contribution in [1.29, 1.82) is 0 Å². The number of rotatable bonds is 4. The maximum Gasteiger partial charge on any atom is 0.238 e. The van der Waals surface area contributed by atoms with Crippen LogP contribution in [0.15, 0.2) is 78.9 Å². The van der Waals surface area contributed by atoms with Crippen LogP contribution in [0.1, 0.15) is 10.9 Å². The molecule has 0 bridgehead atoms. The molecule has 0 aromatic heterocycles. The third-order valence-electron chi connectivity index (χ3n) is 4.12. The number of hydrogen-bond acceptors (Lipinski definition) is 3. The van der Waals surface area contributed by atoms with E-state index in [0.29, 0.717) is 16.5 Å². The molecule has 130 valence electrons. The van der Waals surface area contributed by atoms with Crippen LogP contribution in [0.4, 0.5) is 5.69 Å². The average molecular weight is 382 g/mol. The number of halogens is 1. The van der Waals surface area contributed by atoms with Crippen LogP contribution in [-0.2, 0) is 4.79 Å². The van der Waals surface area contributed by atoms with E-state index in [1.54, 1.807) is 11.8 Å². The van der Waals surface area contributed by atoms with E-state index in [1.165, 1.54) is 0 Å². The second kappa shape index (κ2) is 7.44. The van der Waals surface area contributed by atoms with Crippen LogP contribution in [0.5, 0.6) is 11.5 Å². The first-order chi connectivity index (χ1) is 12.7. The Bertz CT molecular complexity index is 915. The molecule has 1 heterocycles. The maximum atomic E-state index is 12.7. The molecule has 1 fully saturated rings. The molecule has 3 nitrogen and oxygen atoms in total. The minimum atomic E-state index is -0.0970. The molecule has 0 unspecified atom stereocenters. The predicted molar refractivity (Wildman–Crippen MR) is 107 cm³/mol. The smallest absolute Gasteiger partial charge is 0.238 e. The van der Waals surface area contributed by atoms with E-state index < -0.39 is 0 Å². The lowest BCUT2D eigenvalue weighted by atomic mass is 10.2. The lowest BCUT2D eigenvalue weighted by Crippen LogP contribution is -2.28. The fraction of sp³-hybridized carbons (Fsp3) is 0.0952. The molecular weight excluding hydrogens is 366 g/mol. The van der Waals surface area contributed by atoms with Gasteiger partial charge < -0.3 is 4.74 Å². The molecule has 0 saturated carbocycles. The van der Waals surface area contributed by atoms with E-state index in [4.69, 9.17) is 16.3 Å². The first-order valence-electron chi connectivity index (χ1n) is 8.23. The van der Waals surface area contributed by atoms with Crippen LogP contribution in [0, 0.1) is 0 Å². The summed E-state index contributed by atoms with van der Waals surface area (Å²) in [7, 11) is 0. The minimum Gasteiger partial charge on any atom is -0.455 e. The summed E-state index contributed by atoms with van der Waals surface area (Å²) in [4.78, 5) is 14.5. The Morgan fingerprint density at radius 2 is 1.62 bits per heavy atom. The lowest BCUT2D eigenvalue weighted by Gasteiger charge is -2.26. The number of carbonyl (C=O) groups excluding carboxylic acids is 1. The Morgan fingerprint density at radius 1 is 0.923 bits per heavy atom. The molecule has 4 rings (SSSR count). The molecule has 1 saturated heterocycles. The molecule has 0 radical (unpaired) electrons. The van der Waals surface area contributed by atoms with Gasteiger partial charge in [0.25, 0.3) is 0 Å². The highest BCUT2D eigenvalue weighted by molar-refractivity contribution is 8.00. The number of para-hydroxylation sites is 3. The fourth-order valence-corrected chi connectivity index (χ4v) is 4.21. The van der Waals surface area contributed by atoms with Crippen molar-refractivity contribution >= 4 is 35.0 Å². The number of ether oxygens (including phenoxy) is 1. The highest BCUT2D eigenvalue weighted by Gasteiger charge is 2.35. The number of anilines is 1. The minimum absolute atomic E-state index is 0.0686. The second-order valence-corrected chi connectivity index (χ2v) is 7.37. The molecule has 1 aliphatic heterocycles. The monoisotopic (exact) mass is 381 g/mol. The summed E-state index contributed by atoms with van der Waals surface area (Å²) in [5.41, 5.74) is 1.81. The highest BCUT2D eigenvalue weighted by atomic mass is 35.5. The highest BCUT2D eigenvalue weighted by Crippen LogP contribution is 2.45. The van der Waals surface area contributed by atoms with Gasteiger partial charge in [-0.3, -0.25) is 9.69 Å². The molecule has 0 N–H and O–H groups in total. The average Bonchev–Trinajstić information content (AvgIpc) is 3.05. The third-order valence-corrected chi connectivity index (χ3v) is 5.58. The van der Waals surface area contributed by atoms with Gasteiger partial charge in [0.2, 0.25) is 5.91 Å². The van der Waals surface area contributed by atoms with Gasteiger partial charge in [0, 0.05) is 5.02 Å². The summed E-state index contributed by atoms with van der Waals surface area (Å²) >= 11 is 7.61. The van der Waals surface area contributed by atoms with Gasteiger partial charge in [-0.05, 0) is 42.0 Å². The van der Waals surface area contributed by atoms with Crippen LogP contribution in [0.2, 0.25) is 5.02 Å². The van der Waals surface area contributed by atoms with Crippen LogP contribution >= 0.6 is 23.4 Å². The summed E-state index contributed by atoms with van der Waals surface area (Å²) in [6.45, 7) is 0. The van der Waals surface area contributed by atoms with Crippen LogP contribution in [0.25, 0.3) is 0 Å². The van der Waals surface area contributed by atoms with Crippen molar-refractivity contribution in [2.24, 2.45) is 0 Å². The van der Waals surface area contributed by atoms with E-state index in [9.17, 15) is 4.79 Å². The van der Waals surface area contributed by atoms with Gasteiger partial charge in [0.15, 0.2) is 5.75 Å². The van der Waals surface area contributed by atoms with Crippen LogP contribution in [-0.4, -0.2) is 11.7 Å². The summed E-state index contributed by atoms with van der Waals surface area (Å²) in [6.07, 6.45) is 0. The Balaban J connectivity index is 1.71. The van der Waals surface area contributed by atoms with Gasteiger partial charge in [0.05, 0.1) is 11.4 Å². The van der Waals surface area contributed by atoms with Crippen molar-refractivity contribution in [3.63, 3.8) is 0 Å². The van der Waals surface area contributed by atoms with Crippen molar-refractivity contribution in [1.82, 2.24) is 0 Å². The second-order valence-electron chi connectivity index (χ2n) is 5.86. The van der Waals surface area contributed by atoms with Crippen molar-refractivity contribution < 1.29 is 9.53 Å². The SMILES string of the molecule is O=C1CS[C@@H](c2ccc(Cl)cc2)N1c1ccccc1Oc1ccccc1. The van der Waals surface area contributed by atoms with Crippen molar-refractivity contribution in [2.75, 3.05) is 10.7 Å². The van der Waals surface area contributed by atoms with Crippen LogP contribution in [0.3, 0.4) is 0 Å². The Kier molecular flexibility index (Phi) is 4.87. The largest absolute Gasteiger partial charge is 0.455 e. The number of amides is 1. The van der Waals surface area contributed by atoms with E-state index in [-0.39, 0.29) is 11.3 Å². The van der Waals surface area contributed by atoms with Gasteiger partial charge >= 0.3 is 0 Å². The van der Waals surface area contributed by atoms with E-state index in [2.05, 4.69) is 0 Å². The van der Waals surface area contributed by atoms with Gasteiger partial charge in [0.1, 0.15) is 11.1 Å². The molecule has 5 heteroatoms. The Labute approximate surface area is 161 Å².